The summed E-state index contributed by atoms with van der Waals surface area (Å²) in [5.41, 5.74) is 0. The van der Waals surface area contributed by atoms with Crippen LogP contribution in [0, 0.1) is 0 Å². The molecule has 0 spiro atoms. The van der Waals surface area contributed by atoms with Gasteiger partial charge in [-0.1, -0.05) is 0 Å². The van der Waals surface area contributed by atoms with Crippen molar-refractivity contribution in [2.75, 3.05) is 34.5 Å². The zero-order chi connectivity index (χ0) is 7.98. The normalized spacial score (nSPS) is 12.6. The summed E-state index contributed by atoms with van der Waals surface area (Å²) in [5, 5.41) is 0. The molecule has 0 bridgehead atoms. The summed E-state index contributed by atoms with van der Waals surface area (Å²) >= 11 is 0. The van der Waals surface area contributed by atoms with Crippen LogP contribution in [0.2, 0.25) is 0 Å². The van der Waals surface area contributed by atoms with E-state index in [2.05, 4.69) is 19.0 Å². The number of methoxy groups -OCH3 is 2. The van der Waals surface area contributed by atoms with Gasteiger partial charge in [-0.3, -0.25) is 0 Å². The predicted molar refractivity (Wildman–Crippen MR) is 44.9 cm³/mol. The molecule has 0 unspecified atom stereocenters. The summed E-state index contributed by atoms with van der Waals surface area (Å²) < 4.78 is 10.1. The Morgan fingerprint density at radius 1 is 1.30 bits per heavy atom. The molecule has 62 valence electrons. The molecule has 0 aromatic heterocycles. The minimum atomic E-state index is -0.241. The number of ether oxygens (including phenoxy) is 2. The lowest BCUT2D eigenvalue weighted by Gasteiger charge is -2.15. The van der Waals surface area contributed by atoms with E-state index in [-0.39, 0.29) is 15.4 Å². The van der Waals surface area contributed by atoms with E-state index in [4.69, 9.17) is 9.47 Å². The van der Waals surface area contributed by atoms with Crippen molar-refractivity contribution in [1.29, 1.82) is 0 Å². The largest absolute Gasteiger partial charge is 0.360 e. The van der Waals surface area contributed by atoms with Crippen LogP contribution in [0.1, 0.15) is 0 Å². The summed E-state index contributed by atoms with van der Waals surface area (Å²) in [6, 6.07) is 0. The van der Waals surface area contributed by atoms with E-state index in [0.717, 1.165) is 6.17 Å². The molecule has 10 heavy (non-hydrogen) atoms. The van der Waals surface area contributed by atoms with Crippen LogP contribution in [0.15, 0.2) is 0 Å². The van der Waals surface area contributed by atoms with Gasteiger partial charge in [-0.25, -0.2) is 0 Å². The van der Waals surface area contributed by atoms with Crippen molar-refractivity contribution in [3.05, 3.63) is 0 Å². The van der Waals surface area contributed by atoms with Gasteiger partial charge in [-0.05, 0) is 20.3 Å². The van der Waals surface area contributed by atoms with Gasteiger partial charge in [0.15, 0.2) is 0 Å². The Labute approximate surface area is 65.1 Å². The zero-order valence-electron chi connectivity index (χ0n) is 7.26. The zero-order valence-corrected chi connectivity index (χ0v) is 8.67. The SMILES string of the molecule is COC(OC)[SiH2]CN(C)C. The first-order valence-electron chi connectivity index (χ1n) is 3.41. The van der Waals surface area contributed by atoms with Crippen molar-refractivity contribution in [3.8, 4) is 0 Å². The Morgan fingerprint density at radius 3 is 2.10 bits per heavy atom. The Hall–Kier alpha value is 0.0969. The van der Waals surface area contributed by atoms with Crippen LogP contribution in [-0.2, 0) is 9.47 Å². The van der Waals surface area contributed by atoms with Crippen molar-refractivity contribution < 1.29 is 9.47 Å². The van der Waals surface area contributed by atoms with E-state index in [9.17, 15) is 0 Å². The maximum Gasteiger partial charge on any atom is 0.135 e. The van der Waals surface area contributed by atoms with E-state index in [1.54, 1.807) is 14.2 Å². The highest BCUT2D eigenvalue weighted by Gasteiger charge is 2.04. The highest BCUT2D eigenvalue weighted by atomic mass is 28.2. The minimum Gasteiger partial charge on any atom is -0.360 e. The lowest BCUT2D eigenvalue weighted by molar-refractivity contribution is -0.0446. The Bertz CT molecular complexity index is 76.1. The molecule has 0 aliphatic rings. The average molecular weight is 163 g/mol. The van der Waals surface area contributed by atoms with Crippen molar-refractivity contribution in [2.24, 2.45) is 0 Å². The highest BCUT2D eigenvalue weighted by molar-refractivity contribution is 6.36. The first-order chi connectivity index (χ1) is 4.70. The fourth-order valence-electron chi connectivity index (χ4n) is 0.696. The van der Waals surface area contributed by atoms with Crippen LogP contribution in [-0.4, -0.2) is 54.8 Å². The van der Waals surface area contributed by atoms with Crippen molar-refractivity contribution >= 4 is 9.52 Å². The lowest BCUT2D eigenvalue weighted by atomic mass is 11.0. The summed E-state index contributed by atoms with van der Waals surface area (Å²) in [6.07, 6.45) is 1.13. The molecule has 0 aromatic rings. The van der Waals surface area contributed by atoms with E-state index in [0.29, 0.717) is 0 Å². The summed E-state index contributed by atoms with van der Waals surface area (Å²) in [5.74, 6) is 0.0856. The number of hydrogen-bond acceptors (Lipinski definition) is 3. The second kappa shape index (κ2) is 5.85. The summed E-state index contributed by atoms with van der Waals surface area (Å²) in [4.78, 5) is 2.16. The molecule has 0 N–H and O–H groups in total. The molecule has 0 aliphatic carbocycles. The highest BCUT2D eigenvalue weighted by Crippen LogP contribution is 1.87. The van der Waals surface area contributed by atoms with Gasteiger partial charge in [0, 0.05) is 14.2 Å². The molecule has 0 saturated heterocycles. The topological polar surface area (TPSA) is 21.7 Å². The third-order valence-corrected chi connectivity index (χ3v) is 3.63. The second-order valence-electron chi connectivity index (χ2n) is 2.49. The van der Waals surface area contributed by atoms with Crippen LogP contribution in [0.25, 0.3) is 0 Å². The Kier molecular flexibility index (Phi) is 5.91. The van der Waals surface area contributed by atoms with Gasteiger partial charge in [0.25, 0.3) is 0 Å². The number of rotatable bonds is 5. The van der Waals surface area contributed by atoms with E-state index >= 15 is 0 Å². The third-order valence-electron chi connectivity index (χ3n) is 1.34. The quantitative estimate of drug-likeness (QED) is 0.393. The van der Waals surface area contributed by atoms with Gasteiger partial charge in [-0.2, -0.15) is 0 Å². The molecule has 4 heteroatoms. The first kappa shape index (κ1) is 10.1. The fraction of sp³-hybridized carbons (Fsp3) is 1.00. The molecule has 0 fully saturated rings. The molecule has 0 aromatic carbocycles. The Morgan fingerprint density at radius 2 is 1.80 bits per heavy atom. The van der Waals surface area contributed by atoms with Gasteiger partial charge in [0.1, 0.15) is 15.4 Å². The maximum absolute atomic E-state index is 5.06. The van der Waals surface area contributed by atoms with Crippen LogP contribution in [0.3, 0.4) is 0 Å². The number of nitrogens with zero attached hydrogens (tertiary/aromatic N) is 1. The van der Waals surface area contributed by atoms with Crippen molar-refractivity contribution in [1.82, 2.24) is 4.90 Å². The van der Waals surface area contributed by atoms with E-state index in [1.165, 1.54) is 0 Å². The predicted octanol–water partition coefficient (Wildman–Crippen LogP) is -0.749. The number of hydrogen-bond donors (Lipinski definition) is 0. The van der Waals surface area contributed by atoms with Crippen molar-refractivity contribution in [3.63, 3.8) is 0 Å². The molecule has 0 amide bonds. The van der Waals surface area contributed by atoms with Gasteiger partial charge in [-0.15, -0.1) is 0 Å². The molecule has 3 nitrogen and oxygen atoms in total. The van der Waals surface area contributed by atoms with E-state index in [1.807, 2.05) is 0 Å². The molecular weight excluding hydrogens is 146 g/mol. The van der Waals surface area contributed by atoms with Gasteiger partial charge < -0.3 is 14.4 Å². The van der Waals surface area contributed by atoms with Crippen LogP contribution in [0.5, 0.6) is 0 Å². The molecule has 0 rings (SSSR count). The molecule has 0 saturated carbocycles. The molecule has 0 atom stereocenters. The van der Waals surface area contributed by atoms with Gasteiger partial charge in [0.2, 0.25) is 0 Å². The lowest BCUT2D eigenvalue weighted by Crippen LogP contribution is -2.30. The van der Waals surface area contributed by atoms with E-state index < -0.39 is 0 Å². The second-order valence-corrected chi connectivity index (χ2v) is 4.18. The Balaban J connectivity index is 3.26. The molecule has 0 heterocycles. The van der Waals surface area contributed by atoms with Gasteiger partial charge >= 0.3 is 0 Å². The summed E-state index contributed by atoms with van der Waals surface area (Å²) in [6.45, 7) is 0. The summed E-state index contributed by atoms with van der Waals surface area (Å²) in [7, 11) is 7.27. The van der Waals surface area contributed by atoms with Gasteiger partial charge in [0.05, 0.1) is 0 Å². The molecule has 0 radical (unpaired) electrons. The fourth-order valence-corrected chi connectivity index (χ4v) is 1.89. The first-order valence-corrected chi connectivity index (χ1v) is 5.22. The maximum atomic E-state index is 5.06. The molecule has 0 aliphatic heterocycles. The van der Waals surface area contributed by atoms with Crippen LogP contribution >= 0.6 is 0 Å². The minimum absolute atomic E-state index is 0.0856. The van der Waals surface area contributed by atoms with Crippen LogP contribution in [0.4, 0.5) is 0 Å². The third kappa shape index (κ3) is 4.93. The van der Waals surface area contributed by atoms with Crippen LogP contribution < -0.4 is 0 Å². The molecular formula is C6H17NO2Si. The standard InChI is InChI=1S/C6H17NO2Si/c1-7(2)5-10-6(8-3)9-4/h6H,5,10H2,1-4H3. The monoisotopic (exact) mass is 163 g/mol. The van der Waals surface area contributed by atoms with Crippen molar-refractivity contribution in [2.45, 2.75) is 5.91 Å². The average Bonchev–Trinajstić information content (AvgIpc) is 1.90. The smallest absolute Gasteiger partial charge is 0.135 e.